The number of likely N-dealkylation sites (tertiary alicyclic amines) is 1. The highest BCUT2D eigenvalue weighted by atomic mass is 16.5. The number of carbonyl (C=O) groups excluding carboxylic acids is 4. The number of hydrogen-bond donors (Lipinski definition) is 4. The fourth-order valence-corrected chi connectivity index (χ4v) is 9.29. The number of rotatable bonds is 10. The zero-order chi connectivity index (χ0) is 40.5. The number of H-pyrrole nitrogens is 2. The molecule has 7 rings (SSSR count). The first-order valence-corrected chi connectivity index (χ1v) is 20.0. The van der Waals surface area contributed by atoms with E-state index in [1.165, 1.54) is 19.2 Å². The summed E-state index contributed by atoms with van der Waals surface area (Å²) in [5.74, 6) is 1.57. The van der Waals surface area contributed by atoms with E-state index in [9.17, 15) is 19.2 Å². The lowest BCUT2D eigenvalue weighted by Gasteiger charge is -2.35. The van der Waals surface area contributed by atoms with Crippen LogP contribution >= 0.6 is 0 Å². The van der Waals surface area contributed by atoms with Gasteiger partial charge in [0.25, 0.3) is 0 Å². The highest BCUT2D eigenvalue weighted by Gasteiger charge is 2.53. The van der Waals surface area contributed by atoms with Gasteiger partial charge in [0, 0.05) is 41.5 Å². The maximum atomic E-state index is 13.9. The number of fused-ring (bicyclic) bond motifs is 2. The van der Waals surface area contributed by atoms with Crippen molar-refractivity contribution in [3.05, 3.63) is 71.8 Å². The topological polar surface area (TPSA) is 175 Å². The molecule has 302 valence electrons. The second-order valence-electron chi connectivity index (χ2n) is 16.3. The average molecular weight is 779 g/mol. The summed E-state index contributed by atoms with van der Waals surface area (Å²) in [6.45, 7) is 10.3. The van der Waals surface area contributed by atoms with Crippen LogP contribution < -0.4 is 10.7 Å². The molecule has 57 heavy (non-hydrogen) atoms. The lowest BCUT2D eigenvalue weighted by Crippen LogP contribution is -2.53. The minimum absolute atomic E-state index is 0.00337. The maximum absolute atomic E-state index is 13.9. The molecule has 0 radical (unpaired) electrons. The van der Waals surface area contributed by atoms with Crippen molar-refractivity contribution in [2.75, 3.05) is 20.8 Å². The predicted octanol–water partition coefficient (Wildman–Crippen LogP) is 7.12. The van der Waals surface area contributed by atoms with Crippen molar-refractivity contribution in [1.82, 2.24) is 40.6 Å². The Hall–Kier alpha value is -5.66. The highest BCUT2D eigenvalue weighted by Crippen LogP contribution is 2.57. The number of hydrogen-bond acceptors (Lipinski definition) is 8. The van der Waals surface area contributed by atoms with Gasteiger partial charge in [-0.2, -0.15) is 0 Å². The van der Waals surface area contributed by atoms with E-state index in [4.69, 9.17) is 19.4 Å². The Morgan fingerprint density at radius 3 is 2.16 bits per heavy atom. The first-order valence-electron chi connectivity index (χ1n) is 20.0. The lowest BCUT2D eigenvalue weighted by molar-refractivity contribution is -0.143. The van der Waals surface area contributed by atoms with Gasteiger partial charge >= 0.3 is 12.2 Å². The molecule has 1 saturated heterocycles. The second kappa shape index (κ2) is 16.4. The number of aryl methyl sites for hydroxylation is 1. The molecule has 2 aromatic heterocycles. The first kappa shape index (κ1) is 39.6. The van der Waals surface area contributed by atoms with Crippen molar-refractivity contribution in [3.8, 4) is 33.9 Å². The van der Waals surface area contributed by atoms with Gasteiger partial charge in [-0.25, -0.2) is 30.0 Å². The van der Waals surface area contributed by atoms with Gasteiger partial charge in [0.2, 0.25) is 11.8 Å². The van der Waals surface area contributed by atoms with Crippen LogP contribution in [0.5, 0.6) is 0 Å². The number of imidazole rings is 2. The molecule has 2 bridgehead atoms. The van der Waals surface area contributed by atoms with Crippen molar-refractivity contribution in [2.45, 2.75) is 90.8 Å². The zero-order valence-electron chi connectivity index (χ0n) is 33.8. The predicted molar refractivity (Wildman–Crippen MR) is 214 cm³/mol. The quantitative estimate of drug-likeness (QED) is 0.123. The number of aromatic amines is 2. The SMILES string of the molecule is COC(=O)N[C@H](C(=O)N1CCC[C@H]1c1cnc(-c2ccc(-c3ccc(-c4ncc([C@H]5C6CCC(C6)[C@@H]5C(=O)N(NC(=O)OC)C(C)C)[nH]4)cc3)cc2C)[nH]1)C(C)C. The molecule has 3 heterocycles. The summed E-state index contributed by atoms with van der Waals surface area (Å²) in [7, 11) is 2.59. The number of nitrogens with zero attached hydrogens (tertiary/aromatic N) is 4. The van der Waals surface area contributed by atoms with Crippen molar-refractivity contribution in [2.24, 2.45) is 23.7 Å². The summed E-state index contributed by atoms with van der Waals surface area (Å²) in [5.41, 5.74) is 9.57. The fourth-order valence-electron chi connectivity index (χ4n) is 9.29. The third-order valence-electron chi connectivity index (χ3n) is 12.2. The van der Waals surface area contributed by atoms with Crippen molar-refractivity contribution < 1.29 is 28.7 Å². The van der Waals surface area contributed by atoms with Crippen LogP contribution in [-0.4, -0.2) is 86.7 Å². The largest absolute Gasteiger partial charge is 0.453 e. The Kier molecular flexibility index (Phi) is 11.4. The van der Waals surface area contributed by atoms with Gasteiger partial charge in [-0.05, 0) is 87.3 Å². The van der Waals surface area contributed by atoms with Crippen LogP contribution in [0.4, 0.5) is 9.59 Å². The molecule has 1 aliphatic heterocycles. The van der Waals surface area contributed by atoms with Gasteiger partial charge < -0.3 is 29.7 Å². The van der Waals surface area contributed by atoms with Crippen LogP contribution in [0.3, 0.4) is 0 Å². The molecule has 4 aromatic rings. The van der Waals surface area contributed by atoms with E-state index in [0.29, 0.717) is 12.5 Å². The number of hydrazine groups is 1. The van der Waals surface area contributed by atoms with Gasteiger partial charge in [-0.1, -0.05) is 56.3 Å². The van der Waals surface area contributed by atoms with Crippen LogP contribution in [0.1, 0.15) is 88.7 Å². The fraction of sp³-hybridized carbons (Fsp3) is 0.488. The molecule has 14 nitrogen and oxygen atoms in total. The molecule has 2 unspecified atom stereocenters. The molecule has 3 aliphatic rings. The Morgan fingerprint density at radius 1 is 0.825 bits per heavy atom. The molecule has 4 N–H and O–H groups in total. The minimum Gasteiger partial charge on any atom is -0.453 e. The van der Waals surface area contributed by atoms with E-state index in [2.05, 4.69) is 70.1 Å². The van der Waals surface area contributed by atoms with Gasteiger partial charge in [-0.15, -0.1) is 0 Å². The molecule has 2 aromatic carbocycles. The number of carbonyl (C=O) groups is 4. The van der Waals surface area contributed by atoms with Crippen LogP contribution in [0, 0.1) is 30.6 Å². The van der Waals surface area contributed by atoms with Gasteiger partial charge in [0.05, 0.1) is 38.1 Å². The molecular weight excluding hydrogens is 725 g/mol. The average Bonchev–Trinajstić information content (AvgIpc) is 4.06. The number of amides is 4. The van der Waals surface area contributed by atoms with Gasteiger partial charge in [0.1, 0.15) is 17.7 Å². The standard InChI is InChI=1S/C43H54N8O6/c1-23(2)37(48-42(54)56-6)41(53)50-18-8-9-34(50)32-21-45-39(46-32)31-17-16-28(19-25(31)5)26-10-12-27(13-11-26)38-44-22-33(47-38)35-29-14-15-30(20-29)36(35)40(52)51(24(3)4)49-43(55)57-7/h10-13,16-17,19,21-24,29-30,34-37H,8-9,14-15,18,20H2,1-7H3,(H,44,47)(H,45,46)(H,48,54)(H,49,55)/t29?,30?,34-,35+,36-,37-/m0/s1. The molecule has 0 spiro atoms. The van der Waals surface area contributed by atoms with Crippen molar-refractivity contribution in [1.29, 1.82) is 0 Å². The Morgan fingerprint density at radius 2 is 1.47 bits per heavy atom. The summed E-state index contributed by atoms with van der Waals surface area (Å²) in [5, 5.41) is 4.13. The number of nitrogens with one attached hydrogen (secondary N) is 4. The van der Waals surface area contributed by atoms with Gasteiger partial charge in [0.15, 0.2) is 0 Å². The number of alkyl carbamates (subject to hydrolysis) is 1. The lowest BCUT2D eigenvalue weighted by atomic mass is 9.77. The number of ether oxygens (including phenoxy) is 2. The monoisotopic (exact) mass is 778 g/mol. The summed E-state index contributed by atoms with van der Waals surface area (Å²) < 4.78 is 9.57. The summed E-state index contributed by atoms with van der Waals surface area (Å²) >= 11 is 0. The van der Waals surface area contributed by atoms with Crippen LogP contribution in [0.25, 0.3) is 33.9 Å². The number of methoxy groups -OCH3 is 2. The van der Waals surface area contributed by atoms with E-state index in [-0.39, 0.29) is 47.6 Å². The Bertz CT molecular complexity index is 2110. The summed E-state index contributed by atoms with van der Waals surface area (Å²) in [6.07, 6.45) is 7.15. The molecular formula is C43H54N8O6. The van der Waals surface area contributed by atoms with E-state index in [1.54, 1.807) is 0 Å². The van der Waals surface area contributed by atoms with Crippen LogP contribution in [-0.2, 0) is 19.1 Å². The molecule has 2 aliphatic carbocycles. The van der Waals surface area contributed by atoms with Crippen molar-refractivity contribution in [3.63, 3.8) is 0 Å². The normalized spacial score (nSPS) is 21.8. The molecule has 6 atom stereocenters. The van der Waals surface area contributed by atoms with Crippen molar-refractivity contribution >= 4 is 24.0 Å². The van der Waals surface area contributed by atoms with E-state index in [1.807, 2.05) is 45.0 Å². The minimum atomic E-state index is -0.682. The van der Waals surface area contributed by atoms with E-state index >= 15 is 0 Å². The van der Waals surface area contributed by atoms with E-state index < -0.39 is 18.2 Å². The third-order valence-corrected chi connectivity index (χ3v) is 12.2. The second-order valence-corrected chi connectivity index (χ2v) is 16.3. The molecule has 2 saturated carbocycles. The Balaban J connectivity index is 1.04. The molecule has 14 heteroatoms. The molecule has 4 amide bonds. The van der Waals surface area contributed by atoms with Crippen LogP contribution in [0.2, 0.25) is 0 Å². The van der Waals surface area contributed by atoms with E-state index in [0.717, 1.165) is 83.0 Å². The maximum Gasteiger partial charge on any atom is 0.425 e. The first-order chi connectivity index (χ1) is 27.4. The molecule has 3 fully saturated rings. The van der Waals surface area contributed by atoms with Gasteiger partial charge in [-0.3, -0.25) is 9.59 Å². The van der Waals surface area contributed by atoms with Crippen LogP contribution in [0.15, 0.2) is 54.9 Å². The summed E-state index contributed by atoms with van der Waals surface area (Å²) in [4.78, 5) is 70.0. The number of benzene rings is 2. The highest BCUT2D eigenvalue weighted by molar-refractivity contribution is 5.86. The number of aromatic nitrogens is 4. The Labute approximate surface area is 333 Å². The summed E-state index contributed by atoms with van der Waals surface area (Å²) in [6, 6.07) is 13.5. The third kappa shape index (κ3) is 7.86. The zero-order valence-corrected chi connectivity index (χ0v) is 33.8. The smallest absolute Gasteiger partial charge is 0.425 e.